The predicted molar refractivity (Wildman–Crippen MR) is 287 cm³/mol. The third kappa shape index (κ3) is 8.97. The quantitative estimate of drug-likeness (QED) is 0.146. The molecular formula is C63H46O5S2. The van der Waals surface area contributed by atoms with Crippen LogP contribution >= 0.6 is 0 Å². The van der Waals surface area contributed by atoms with Gasteiger partial charge in [-0.1, -0.05) is 236 Å². The Morgan fingerprint density at radius 3 is 1.00 bits per heavy atom. The van der Waals surface area contributed by atoms with Gasteiger partial charge in [-0.3, -0.25) is 4.55 Å². The highest BCUT2D eigenvalue weighted by Gasteiger charge is 2.32. The van der Waals surface area contributed by atoms with Crippen molar-refractivity contribution in [3.63, 3.8) is 0 Å². The number of fused-ring (bicyclic) bond motifs is 2. The molecule has 0 fully saturated rings. The van der Waals surface area contributed by atoms with Crippen LogP contribution < -0.4 is 0 Å². The van der Waals surface area contributed by atoms with E-state index in [4.69, 9.17) is 4.55 Å². The lowest BCUT2D eigenvalue weighted by atomic mass is 9.86. The van der Waals surface area contributed by atoms with E-state index in [0.29, 0.717) is 11.1 Å². The molecule has 11 rings (SSSR count). The second-order valence-corrected chi connectivity index (χ2v) is 20.3. The van der Waals surface area contributed by atoms with Crippen molar-refractivity contribution in [2.45, 2.75) is 21.6 Å². The average Bonchev–Trinajstić information content (AvgIpc) is 3.40. The maximum atomic E-state index is 16.1. The van der Waals surface area contributed by atoms with Gasteiger partial charge in [0.05, 0.1) is 14.7 Å². The van der Waals surface area contributed by atoms with Gasteiger partial charge in [-0.05, 0) is 108 Å². The molecule has 0 heterocycles. The van der Waals surface area contributed by atoms with Gasteiger partial charge >= 0.3 is 0 Å². The van der Waals surface area contributed by atoms with E-state index >= 15 is 8.42 Å². The molecule has 0 radical (unpaired) electrons. The van der Waals surface area contributed by atoms with Crippen molar-refractivity contribution in [2.75, 3.05) is 0 Å². The third-order valence-corrected chi connectivity index (χ3v) is 15.3. The summed E-state index contributed by atoms with van der Waals surface area (Å²) in [6.07, 6.45) is 0. The molecule has 11 aromatic carbocycles. The van der Waals surface area contributed by atoms with E-state index in [1.165, 1.54) is 12.1 Å². The van der Waals surface area contributed by atoms with Crippen LogP contribution in [0.3, 0.4) is 0 Å². The normalized spacial score (nSPS) is 11.5. The molecule has 0 aliphatic heterocycles. The Balaban J connectivity index is 0.000000457. The van der Waals surface area contributed by atoms with Crippen molar-refractivity contribution in [2.24, 2.45) is 0 Å². The fourth-order valence-corrected chi connectivity index (χ4v) is 11.6. The first-order valence-electron chi connectivity index (χ1n) is 22.9. The van der Waals surface area contributed by atoms with Gasteiger partial charge in [0.1, 0.15) is 0 Å². The van der Waals surface area contributed by atoms with Gasteiger partial charge in [0.25, 0.3) is 10.1 Å². The highest BCUT2D eigenvalue weighted by molar-refractivity contribution is 7.91. The predicted octanol–water partition coefficient (Wildman–Crippen LogP) is 16.1. The molecule has 0 atom stereocenters. The monoisotopic (exact) mass is 946 g/mol. The summed E-state index contributed by atoms with van der Waals surface area (Å²) >= 11 is 0. The summed E-state index contributed by atoms with van der Waals surface area (Å²) in [5.74, 6) is 0. The van der Waals surface area contributed by atoms with Crippen LogP contribution in [0.2, 0.25) is 0 Å². The van der Waals surface area contributed by atoms with Gasteiger partial charge in [0, 0.05) is 11.1 Å². The summed E-state index contributed by atoms with van der Waals surface area (Å²) in [6.45, 7) is 1.84. The highest BCUT2D eigenvalue weighted by atomic mass is 32.2. The zero-order valence-corrected chi connectivity index (χ0v) is 39.8. The van der Waals surface area contributed by atoms with Crippen LogP contribution in [-0.4, -0.2) is 21.4 Å². The van der Waals surface area contributed by atoms with Gasteiger partial charge in [-0.2, -0.15) is 8.42 Å². The van der Waals surface area contributed by atoms with Gasteiger partial charge in [0.15, 0.2) is 0 Å². The Bertz CT molecular complexity index is 3670. The Labute approximate surface area is 409 Å². The summed E-state index contributed by atoms with van der Waals surface area (Å²) in [6, 6.07) is 83.4. The summed E-state index contributed by atoms with van der Waals surface area (Å²) < 4.78 is 61.8. The molecular weight excluding hydrogens is 901 g/mol. The number of aryl methyl sites for hydroxylation is 1. The molecule has 0 aliphatic carbocycles. The topological polar surface area (TPSA) is 88.5 Å². The molecule has 0 aliphatic rings. The van der Waals surface area contributed by atoms with Gasteiger partial charge < -0.3 is 0 Å². The fourth-order valence-electron chi connectivity index (χ4n) is 9.41. The molecule has 11 aromatic rings. The molecule has 0 aromatic heterocycles. The summed E-state index contributed by atoms with van der Waals surface area (Å²) in [7, 11) is -8.26. The maximum absolute atomic E-state index is 16.1. The number of rotatable bonds is 9. The molecule has 0 bridgehead atoms. The van der Waals surface area contributed by atoms with Crippen molar-refractivity contribution >= 4 is 41.5 Å². The fraction of sp³-hybridized carbons (Fsp3) is 0.0159. The first-order chi connectivity index (χ1) is 34.1. The van der Waals surface area contributed by atoms with E-state index in [0.717, 1.165) is 82.7 Å². The molecule has 7 heteroatoms. The second kappa shape index (κ2) is 19.4. The molecule has 0 amide bonds. The number of hydrogen-bond donors (Lipinski definition) is 1. The van der Waals surface area contributed by atoms with E-state index in [1.807, 2.05) is 128 Å². The zero-order valence-electron chi connectivity index (χ0n) is 38.1. The van der Waals surface area contributed by atoms with E-state index in [-0.39, 0.29) is 14.7 Å². The third-order valence-electron chi connectivity index (χ3n) is 12.6. The van der Waals surface area contributed by atoms with Crippen LogP contribution in [0, 0.1) is 6.92 Å². The average molecular weight is 947 g/mol. The van der Waals surface area contributed by atoms with Gasteiger partial charge in [0.2, 0.25) is 9.84 Å². The molecule has 0 unspecified atom stereocenters. The van der Waals surface area contributed by atoms with Crippen molar-refractivity contribution in [3.8, 4) is 66.8 Å². The standard InChI is InChI=1S/C56H38O2S.C7H8O3S/c57-59(58,51-37-35-49(47-33-17-29-39-19-13-15-31-45(39)47)53(41-21-5-1-6-22-41)55(51)43-25-9-3-10-26-43)52-38-36-50(48-34-18-30-40-20-14-16-32-46(40)48)54(42-23-7-2-8-24-42)56(52)44-27-11-4-12-28-44;1-6-2-4-7(5-3-6)11(8,9)10/h1-38H;2-5H,1H3,(H,8,9,10). The van der Waals surface area contributed by atoms with Crippen molar-refractivity contribution in [1.29, 1.82) is 0 Å². The minimum absolute atomic E-state index is 0.0666. The molecule has 5 nitrogen and oxygen atoms in total. The van der Waals surface area contributed by atoms with E-state index in [1.54, 1.807) is 12.1 Å². The molecule has 70 heavy (non-hydrogen) atoms. The minimum Gasteiger partial charge on any atom is -0.282 e. The van der Waals surface area contributed by atoms with Gasteiger partial charge in [-0.15, -0.1) is 0 Å². The molecule has 0 spiro atoms. The van der Waals surface area contributed by atoms with Crippen molar-refractivity contribution < 1.29 is 21.4 Å². The lowest BCUT2D eigenvalue weighted by molar-refractivity contribution is 0.483. The van der Waals surface area contributed by atoms with Crippen LogP contribution in [0.15, 0.2) is 269 Å². The van der Waals surface area contributed by atoms with Crippen LogP contribution in [0.4, 0.5) is 0 Å². The number of hydrogen-bond acceptors (Lipinski definition) is 4. The van der Waals surface area contributed by atoms with Crippen LogP contribution in [0.5, 0.6) is 0 Å². The second-order valence-electron chi connectivity index (χ2n) is 17.0. The van der Waals surface area contributed by atoms with Gasteiger partial charge in [-0.25, -0.2) is 8.42 Å². The van der Waals surface area contributed by atoms with Crippen LogP contribution in [0.1, 0.15) is 5.56 Å². The maximum Gasteiger partial charge on any atom is 0.294 e. The highest BCUT2D eigenvalue weighted by Crippen LogP contribution is 2.50. The summed E-state index contributed by atoms with van der Waals surface area (Å²) in [4.78, 5) is 0.435. The SMILES string of the molecule is Cc1ccc(S(=O)(=O)O)cc1.O=S(=O)(c1ccc(-c2cccc3ccccc23)c(-c2ccccc2)c1-c1ccccc1)c1ccc(-c2cccc3ccccc23)c(-c2ccccc2)c1-c1ccccc1. The Kier molecular flexibility index (Phi) is 12.6. The van der Waals surface area contributed by atoms with E-state index < -0.39 is 20.0 Å². The lowest BCUT2D eigenvalue weighted by Gasteiger charge is -2.24. The summed E-state index contributed by atoms with van der Waals surface area (Å²) in [5, 5.41) is 4.44. The largest absolute Gasteiger partial charge is 0.294 e. The van der Waals surface area contributed by atoms with E-state index in [9.17, 15) is 8.42 Å². The molecule has 340 valence electrons. The van der Waals surface area contributed by atoms with Crippen LogP contribution in [-0.2, 0) is 20.0 Å². The Morgan fingerprint density at radius 2 is 0.629 bits per heavy atom. The first-order valence-corrected chi connectivity index (χ1v) is 25.8. The minimum atomic E-state index is -4.24. The Morgan fingerprint density at radius 1 is 0.300 bits per heavy atom. The van der Waals surface area contributed by atoms with E-state index in [2.05, 4.69) is 109 Å². The molecule has 0 saturated carbocycles. The van der Waals surface area contributed by atoms with Crippen molar-refractivity contribution in [3.05, 3.63) is 260 Å². The Hall–Kier alpha value is -8.20. The first kappa shape index (κ1) is 45.6. The van der Waals surface area contributed by atoms with Crippen LogP contribution in [0.25, 0.3) is 88.3 Å². The smallest absolute Gasteiger partial charge is 0.282 e. The lowest BCUT2D eigenvalue weighted by Crippen LogP contribution is -2.09. The molecule has 1 N–H and O–H groups in total. The number of benzene rings is 11. The number of sulfone groups is 1. The summed E-state index contributed by atoms with van der Waals surface area (Å²) in [5.41, 5.74) is 11.6. The zero-order chi connectivity index (χ0) is 48.2. The van der Waals surface area contributed by atoms with Crippen molar-refractivity contribution in [1.82, 2.24) is 0 Å². The molecule has 0 saturated heterocycles.